The van der Waals surface area contributed by atoms with Gasteiger partial charge < -0.3 is 10.4 Å². The van der Waals surface area contributed by atoms with Gasteiger partial charge in [0.2, 0.25) is 0 Å². The lowest BCUT2D eigenvalue weighted by molar-refractivity contribution is -0.183. The molecule has 0 saturated heterocycles. The van der Waals surface area contributed by atoms with Gasteiger partial charge in [-0.1, -0.05) is 20.3 Å². The van der Waals surface area contributed by atoms with Crippen LogP contribution in [0, 0.1) is 11.8 Å². The van der Waals surface area contributed by atoms with Gasteiger partial charge in [0.25, 0.3) is 0 Å². The normalized spacial score (nSPS) is 27.5. The Morgan fingerprint density at radius 1 is 1.28 bits per heavy atom. The van der Waals surface area contributed by atoms with Crippen molar-refractivity contribution >= 4 is 0 Å². The Morgan fingerprint density at radius 3 is 2.50 bits per heavy atom. The number of aliphatic hydroxyl groups excluding tert-OH is 1. The van der Waals surface area contributed by atoms with E-state index in [4.69, 9.17) is 0 Å². The molecule has 2 N–H and O–H groups in total. The molecule has 0 unspecified atom stereocenters. The maximum atomic E-state index is 12.6. The van der Waals surface area contributed by atoms with Gasteiger partial charge in [0.15, 0.2) is 0 Å². The molecule has 0 aromatic rings. The van der Waals surface area contributed by atoms with Gasteiger partial charge in [-0.3, -0.25) is 0 Å². The highest BCUT2D eigenvalue weighted by atomic mass is 19.4. The average Bonchev–Trinajstić information content (AvgIpc) is 2.28. The molecule has 0 radical (unpaired) electrons. The van der Waals surface area contributed by atoms with Crippen molar-refractivity contribution in [2.24, 2.45) is 11.8 Å². The van der Waals surface area contributed by atoms with E-state index in [1.165, 1.54) is 0 Å². The second-order valence-corrected chi connectivity index (χ2v) is 5.66. The molecule has 0 aliphatic heterocycles. The van der Waals surface area contributed by atoms with E-state index in [1.54, 1.807) is 0 Å². The lowest BCUT2D eigenvalue weighted by Gasteiger charge is -2.31. The van der Waals surface area contributed by atoms with E-state index in [2.05, 4.69) is 5.32 Å². The number of rotatable bonds is 5. The van der Waals surface area contributed by atoms with Crippen LogP contribution in [-0.4, -0.2) is 30.0 Å². The van der Waals surface area contributed by atoms with Gasteiger partial charge in [0.1, 0.15) is 0 Å². The number of hydrogen-bond acceptors (Lipinski definition) is 2. The first-order valence-corrected chi connectivity index (χ1v) is 6.79. The zero-order valence-electron chi connectivity index (χ0n) is 11.1. The number of nitrogens with one attached hydrogen (secondary N) is 1. The minimum absolute atomic E-state index is 0.0512. The number of hydrogen-bond donors (Lipinski definition) is 2. The highest BCUT2D eigenvalue weighted by Crippen LogP contribution is 2.37. The second kappa shape index (κ2) is 6.75. The van der Waals surface area contributed by atoms with Gasteiger partial charge in [-0.05, 0) is 38.1 Å². The molecular weight excluding hydrogens is 243 g/mol. The Labute approximate surface area is 107 Å². The maximum absolute atomic E-state index is 12.6. The van der Waals surface area contributed by atoms with Crippen LogP contribution < -0.4 is 5.32 Å². The summed E-state index contributed by atoms with van der Waals surface area (Å²) in [7, 11) is 0. The molecule has 0 spiro atoms. The third-order valence-electron chi connectivity index (χ3n) is 3.78. The molecule has 1 aliphatic rings. The van der Waals surface area contributed by atoms with Crippen LogP contribution in [0.5, 0.6) is 0 Å². The minimum Gasteiger partial charge on any atom is -0.393 e. The first-order valence-electron chi connectivity index (χ1n) is 6.79. The lowest BCUT2D eigenvalue weighted by atomic mass is 9.85. The summed E-state index contributed by atoms with van der Waals surface area (Å²) in [6, 6.07) is -0.0512. The van der Waals surface area contributed by atoms with Crippen molar-refractivity contribution in [3.8, 4) is 0 Å². The predicted molar refractivity (Wildman–Crippen MR) is 65.3 cm³/mol. The van der Waals surface area contributed by atoms with Crippen LogP contribution >= 0.6 is 0 Å². The molecule has 0 heterocycles. The van der Waals surface area contributed by atoms with Crippen LogP contribution in [0.2, 0.25) is 0 Å². The third-order valence-corrected chi connectivity index (χ3v) is 3.78. The average molecular weight is 267 g/mol. The quantitative estimate of drug-likeness (QED) is 0.802. The van der Waals surface area contributed by atoms with Crippen LogP contribution in [0.4, 0.5) is 13.2 Å². The van der Waals surface area contributed by atoms with Crippen molar-refractivity contribution in [1.29, 1.82) is 0 Å². The summed E-state index contributed by atoms with van der Waals surface area (Å²) in [6.45, 7) is 4.46. The number of aliphatic hydroxyl groups is 1. The van der Waals surface area contributed by atoms with Gasteiger partial charge in [-0.15, -0.1) is 0 Å². The fourth-order valence-corrected chi connectivity index (χ4v) is 2.44. The molecule has 0 bridgehead atoms. The highest BCUT2D eigenvalue weighted by molar-refractivity contribution is 4.82. The van der Waals surface area contributed by atoms with Crippen LogP contribution in [-0.2, 0) is 0 Å². The van der Waals surface area contributed by atoms with E-state index in [1.807, 2.05) is 13.8 Å². The molecule has 1 saturated carbocycles. The van der Waals surface area contributed by atoms with E-state index >= 15 is 0 Å². The van der Waals surface area contributed by atoms with E-state index in [-0.39, 0.29) is 30.9 Å². The Balaban J connectivity index is 2.26. The predicted octanol–water partition coefficient (Wildman–Crippen LogP) is 3.10. The van der Waals surface area contributed by atoms with E-state index in [0.29, 0.717) is 19.4 Å². The van der Waals surface area contributed by atoms with E-state index < -0.39 is 12.1 Å². The molecule has 1 fully saturated rings. The molecule has 1 rings (SSSR count). The van der Waals surface area contributed by atoms with Crippen LogP contribution in [0.15, 0.2) is 0 Å². The molecule has 2 nitrogen and oxygen atoms in total. The van der Waals surface area contributed by atoms with Gasteiger partial charge in [0, 0.05) is 6.04 Å². The van der Waals surface area contributed by atoms with Crippen LogP contribution in [0.1, 0.15) is 46.0 Å². The summed E-state index contributed by atoms with van der Waals surface area (Å²) in [5.74, 6) is -0.958. The Hall–Kier alpha value is -0.290. The van der Waals surface area contributed by atoms with Gasteiger partial charge in [-0.2, -0.15) is 13.2 Å². The molecule has 3 atom stereocenters. The molecule has 0 aromatic carbocycles. The van der Waals surface area contributed by atoms with Crippen LogP contribution in [0.25, 0.3) is 0 Å². The first kappa shape index (κ1) is 15.8. The van der Waals surface area contributed by atoms with Gasteiger partial charge in [-0.25, -0.2) is 0 Å². The van der Waals surface area contributed by atoms with Crippen molar-refractivity contribution < 1.29 is 18.3 Å². The van der Waals surface area contributed by atoms with Crippen molar-refractivity contribution in [3.63, 3.8) is 0 Å². The topological polar surface area (TPSA) is 32.3 Å². The summed E-state index contributed by atoms with van der Waals surface area (Å²) in [6.07, 6.45) is -1.95. The number of alkyl halides is 3. The molecule has 0 aromatic heterocycles. The summed E-state index contributed by atoms with van der Waals surface area (Å²) in [5.41, 5.74) is 0. The summed E-state index contributed by atoms with van der Waals surface area (Å²) >= 11 is 0. The Bertz CT molecular complexity index is 243. The standard InChI is InChI=1S/C13H24F3NO/c1-9(2)12(18)6-7-17-11-5-3-4-10(8-11)13(14,15)16/h9-12,17-18H,3-8H2,1-2H3/t10-,11-,12+/m0/s1. The third kappa shape index (κ3) is 5.14. The SMILES string of the molecule is CC(C)[C@H](O)CCN[C@H]1CCC[C@H](C(F)(F)F)C1. The second-order valence-electron chi connectivity index (χ2n) is 5.66. The van der Waals surface area contributed by atoms with Crippen LogP contribution in [0.3, 0.4) is 0 Å². The van der Waals surface area contributed by atoms with Crippen molar-refractivity contribution in [2.45, 2.75) is 64.3 Å². The molecular formula is C13H24F3NO. The lowest BCUT2D eigenvalue weighted by Crippen LogP contribution is -2.40. The fraction of sp³-hybridized carbons (Fsp3) is 1.00. The number of halogens is 3. The first-order chi connectivity index (χ1) is 8.30. The van der Waals surface area contributed by atoms with Crippen molar-refractivity contribution in [3.05, 3.63) is 0 Å². The molecule has 108 valence electrons. The Kier molecular flexibility index (Phi) is 5.92. The Morgan fingerprint density at radius 2 is 1.94 bits per heavy atom. The fourth-order valence-electron chi connectivity index (χ4n) is 2.44. The molecule has 18 heavy (non-hydrogen) atoms. The van der Waals surface area contributed by atoms with Crippen molar-refractivity contribution in [2.75, 3.05) is 6.54 Å². The zero-order chi connectivity index (χ0) is 13.8. The highest BCUT2D eigenvalue weighted by Gasteiger charge is 2.41. The minimum atomic E-state index is -4.06. The maximum Gasteiger partial charge on any atom is 0.391 e. The van der Waals surface area contributed by atoms with E-state index in [0.717, 1.165) is 6.42 Å². The van der Waals surface area contributed by atoms with Gasteiger partial charge in [0.05, 0.1) is 12.0 Å². The summed E-state index contributed by atoms with van der Waals surface area (Å²) < 4.78 is 37.8. The monoisotopic (exact) mass is 267 g/mol. The molecule has 1 aliphatic carbocycles. The zero-order valence-corrected chi connectivity index (χ0v) is 11.1. The largest absolute Gasteiger partial charge is 0.393 e. The smallest absolute Gasteiger partial charge is 0.391 e. The van der Waals surface area contributed by atoms with E-state index in [9.17, 15) is 18.3 Å². The molecule has 0 amide bonds. The van der Waals surface area contributed by atoms with Crippen molar-refractivity contribution in [1.82, 2.24) is 5.32 Å². The summed E-state index contributed by atoms with van der Waals surface area (Å²) in [5, 5.41) is 12.8. The molecule has 5 heteroatoms. The van der Waals surface area contributed by atoms with Gasteiger partial charge >= 0.3 is 6.18 Å². The summed E-state index contributed by atoms with van der Waals surface area (Å²) in [4.78, 5) is 0.